The van der Waals surface area contributed by atoms with E-state index in [2.05, 4.69) is 15.6 Å². The van der Waals surface area contributed by atoms with Crippen LogP contribution in [0.3, 0.4) is 0 Å². The Morgan fingerprint density at radius 2 is 2.12 bits per heavy atom. The van der Waals surface area contributed by atoms with Gasteiger partial charge in [-0.25, -0.2) is 0 Å². The molecule has 0 spiro atoms. The number of aromatic nitrogens is 3. The van der Waals surface area contributed by atoms with Crippen LogP contribution < -0.4 is 5.32 Å². The summed E-state index contributed by atoms with van der Waals surface area (Å²) in [6, 6.07) is 4.96. The van der Waals surface area contributed by atoms with Crippen molar-refractivity contribution in [1.82, 2.24) is 14.9 Å². The number of nitrogens with zero attached hydrogens (tertiary/aromatic N) is 3. The van der Waals surface area contributed by atoms with E-state index < -0.39 is 5.91 Å². The van der Waals surface area contributed by atoms with E-state index in [9.17, 15) is 4.79 Å². The van der Waals surface area contributed by atoms with E-state index in [1.165, 1.54) is 6.20 Å². The van der Waals surface area contributed by atoms with Crippen LogP contribution in [-0.4, -0.2) is 20.8 Å². The molecule has 0 saturated carbocycles. The molecule has 0 saturated heterocycles. The molecule has 0 aliphatic rings. The summed E-state index contributed by atoms with van der Waals surface area (Å²) in [6.07, 6.45) is 3.15. The Morgan fingerprint density at radius 3 is 2.83 bits per heavy atom. The summed E-state index contributed by atoms with van der Waals surface area (Å²) in [5, 5.41) is 11.7. The van der Waals surface area contributed by atoms with Crippen molar-refractivity contribution in [3.63, 3.8) is 0 Å². The van der Waals surface area contributed by atoms with E-state index in [4.69, 9.17) is 39.3 Å². The SMILES string of the molecule is Cc1onc(C(=O)Nc2cccc(Cl)c2Cl)c1Cn1cc(Cl)cn1. The Balaban J connectivity index is 1.86. The van der Waals surface area contributed by atoms with Crippen molar-refractivity contribution in [2.24, 2.45) is 0 Å². The summed E-state index contributed by atoms with van der Waals surface area (Å²) in [4.78, 5) is 12.5. The fraction of sp³-hybridized carbons (Fsp3) is 0.133. The Morgan fingerprint density at radius 1 is 1.33 bits per heavy atom. The van der Waals surface area contributed by atoms with Gasteiger partial charge in [0.1, 0.15) is 5.76 Å². The first-order chi connectivity index (χ1) is 11.5. The molecule has 6 nitrogen and oxygen atoms in total. The van der Waals surface area contributed by atoms with E-state index in [0.29, 0.717) is 33.6 Å². The molecule has 2 heterocycles. The average Bonchev–Trinajstić information content (AvgIpc) is 3.11. The standard InChI is InChI=1S/C15H11Cl3N4O2/c1-8-10(7-22-6-9(16)5-19-22)14(21-24-8)15(23)20-12-4-2-3-11(17)13(12)18/h2-6H,7H2,1H3,(H,20,23). The molecule has 1 N–H and O–H groups in total. The van der Waals surface area contributed by atoms with Gasteiger partial charge >= 0.3 is 0 Å². The zero-order valence-electron chi connectivity index (χ0n) is 12.4. The van der Waals surface area contributed by atoms with Gasteiger partial charge < -0.3 is 9.84 Å². The van der Waals surface area contributed by atoms with Gasteiger partial charge in [0.25, 0.3) is 5.91 Å². The number of halogens is 3. The van der Waals surface area contributed by atoms with E-state index in [0.717, 1.165) is 0 Å². The Bertz CT molecular complexity index is 904. The van der Waals surface area contributed by atoms with Crippen LogP contribution in [0.4, 0.5) is 5.69 Å². The third kappa shape index (κ3) is 3.40. The number of hydrogen-bond donors (Lipinski definition) is 1. The summed E-state index contributed by atoms with van der Waals surface area (Å²) in [6.45, 7) is 2.02. The molecule has 0 atom stereocenters. The predicted molar refractivity (Wildman–Crippen MR) is 92.0 cm³/mol. The maximum absolute atomic E-state index is 12.5. The highest BCUT2D eigenvalue weighted by Gasteiger charge is 2.21. The third-order valence-electron chi connectivity index (χ3n) is 3.32. The van der Waals surface area contributed by atoms with Gasteiger partial charge in [0.05, 0.1) is 33.5 Å². The second-order valence-electron chi connectivity index (χ2n) is 4.98. The fourth-order valence-corrected chi connectivity index (χ4v) is 2.63. The highest BCUT2D eigenvalue weighted by molar-refractivity contribution is 6.44. The molecule has 0 radical (unpaired) electrons. The van der Waals surface area contributed by atoms with Crippen molar-refractivity contribution in [2.75, 3.05) is 5.32 Å². The molecule has 1 amide bonds. The molecule has 9 heteroatoms. The fourth-order valence-electron chi connectivity index (χ4n) is 2.12. The first-order valence-corrected chi connectivity index (χ1v) is 7.97. The van der Waals surface area contributed by atoms with Crippen LogP contribution in [-0.2, 0) is 6.54 Å². The zero-order valence-corrected chi connectivity index (χ0v) is 14.7. The molecule has 0 aliphatic heterocycles. The van der Waals surface area contributed by atoms with Crippen LogP contribution >= 0.6 is 34.8 Å². The smallest absolute Gasteiger partial charge is 0.278 e. The molecule has 3 aromatic rings. The highest BCUT2D eigenvalue weighted by Crippen LogP contribution is 2.30. The molecule has 0 unspecified atom stereocenters. The van der Waals surface area contributed by atoms with Crippen LogP contribution in [0.5, 0.6) is 0 Å². The van der Waals surface area contributed by atoms with Crippen molar-refractivity contribution < 1.29 is 9.32 Å². The summed E-state index contributed by atoms with van der Waals surface area (Å²) in [5.74, 6) is 0.0632. The van der Waals surface area contributed by atoms with Crippen LogP contribution in [0.15, 0.2) is 35.1 Å². The first-order valence-electron chi connectivity index (χ1n) is 6.84. The lowest BCUT2D eigenvalue weighted by Crippen LogP contribution is -2.16. The van der Waals surface area contributed by atoms with E-state index in [1.54, 1.807) is 36.0 Å². The number of anilines is 1. The minimum Gasteiger partial charge on any atom is -0.361 e. The van der Waals surface area contributed by atoms with Gasteiger partial charge in [-0.1, -0.05) is 46.0 Å². The average molecular weight is 386 g/mol. The normalized spacial score (nSPS) is 10.8. The number of carbonyl (C=O) groups is 1. The number of nitrogens with one attached hydrogen (secondary N) is 1. The number of hydrogen-bond acceptors (Lipinski definition) is 4. The largest absolute Gasteiger partial charge is 0.361 e. The van der Waals surface area contributed by atoms with Crippen LogP contribution in [0.1, 0.15) is 21.8 Å². The molecule has 1 aromatic carbocycles. The topological polar surface area (TPSA) is 73.0 Å². The minimum atomic E-state index is -0.454. The lowest BCUT2D eigenvalue weighted by molar-refractivity contribution is 0.101. The quantitative estimate of drug-likeness (QED) is 0.720. The summed E-state index contributed by atoms with van der Waals surface area (Å²) >= 11 is 17.9. The molecule has 0 fully saturated rings. The van der Waals surface area contributed by atoms with Gasteiger partial charge in [0.15, 0.2) is 5.69 Å². The minimum absolute atomic E-state index is 0.148. The molecular weight excluding hydrogens is 375 g/mol. The first kappa shape index (κ1) is 16.8. The lowest BCUT2D eigenvalue weighted by Gasteiger charge is -2.08. The van der Waals surface area contributed by atoms with Gasteiger partial charge in [-0.05, 0) is 19.1 Å². The second-order valence-corrected chi connectivity index (χ2v) is 6.20. The summed E-state index contributed by atoms with van der Waals surface area (Å²) in [5.41, 5.74) is 1.14. The molecule has 0 bridgehead atoms. The van der Waals surface area contributed by atoms with E-state index in [1.807, 2.05) is 0 Å². The van der Waals surface area contributed by atoms with Gasteiger partial charge in [-0.15, -0.1) is 0 Å². The maximum atomic E-state index is 12.5. The van der Waals surface area contributed by atoms with E-state index in [-0.39, 0.29) is 10.7 Å². The highest BCUT2D eigenvalue weighted by atomic mass is 35.5. The van der Waals surface area contributed by atoms with Gasteiger partial charge in [-0.3, -0.25) is 9.48 Å². The van der Waals surface area contributed by atoms with Gasteiger partial charge in [-0.2, -0.15) is 5.10 Å². The molecule has 3 rings (SSSR count). The van der Waals surface area contributed by atoms with Crippen molar-refractivity contribution >= 4 is 46.4 Å². The van der Waals surface area contributed by atoms with Crippen molar-refractivity contribution in [3.8, 4) is 0 Å². The zero-order chi connectivity index (χ0) is 17.3. The predicted octanol–water partition coefficient (Wildman–Crippen LogP) is 4.44. The van der Waals surface area contributed by atoms with E-state index >= 15 is 0 Å². The lowest BCUT2D eigenvalue weighted by atomic mass is 10.2. The number of aryl methyl sites for hydroxylation is 1. The number of benzene rings is 1. The molecule has 24 heavy (non-hydrogen) atoms. The summed E-state index contributed by atoms with van der Waals surface area (Å²) < 4.78 is 6.73. The van der Waals surface area contributed by atoms with Crippen molar-refractivity contribution in [3.05, 3.63) is 62.7 Å². The van der Waals surface area contributed by atoms with Crippen LogP contribution in [0, 0.1) is 6.92 Å². The second kappa shape index (κ2) is 6.84. The van der Waals surface area contributed by atoms with Crippen LogP contribution in [0.2, 0.25) is 15.1 Å². The van der Waals surface area contributed by atoms with Crippen LogP contribution in [0.25, 0.3) is 0 Å². The third-order valence-corrected chi connectivity index (χ3v) is 4.34. The molecular formula is C15H11Cl3N4O2. The number of amides is 1. The molecule has 124 valence electrons. The maximum Gasteiger partial charge on any atom is 0.278 e. The van der Waals surface area contributed by atoms with Crippen molar-refractivity contribution in [2.45, 2.75) is 13.5 Å². The monoisotopic (exact) mass is 384 g/mol. The summed E-state index contributed by atoms with van der Waals surface area (Å²) in [7, 11) is 0. The van der Waals surface area contributed by atoms with Crippen molar-refractivity contribution in [1.29, 1.82) is 0 Å². The molecule has 0 aliphatic carbocycles. The Labute approximate surface area is 152 Å². The van der Waals surface area contributed by atoms with Gasteiger partial charge in [0.2, 0.25) is 0 Å². The Kier molecular flexibility index (Phi) is 4.80. The molecule has 2 aromatic heterocycles. The number of rotatable bonds is 4. The van der Waals surface area contributed by atoms with Gasteiger partial charge in [0, 0.05) is 11.8 Å². The Hall–Kier alpha value is -2.02. The number of carbonyl (C=O) groups excluding carboxylic acids is 1.